The molecule has 1 aliphatic heterocycles. The molecule has 3 heteroatoms. The van der Waals surface area contributed by atoms with Crippen molar-refractivity contribution in [2.75, 3.05) is 19.8 Å². The summed E-state index contributed by atoms with van der Waals surface area (Å²) in [5.41, 5.74) is 0. The summed E-state index contributed by atoms with van der Waals surface area (Å²) in [7, 11) is 0. The monoisotopic (exact) mass is 267 g/mol. The van der Waals surface area contributed by atoms with Crippen LogP contribution in [0.1, 0.15) is 64.2 Å². The Labute approximate surface area is 117 Å². The van der Waals surface area contributed by atoms with E-state index in [0.29, 0.717) is 0 Å². The van der Waals surface area contributed by atoms with E-state index >= 15 is 0 Å². The number of hydrogen-bond donors (Lipinski definition) is 1. The van der Waals surface area contributed by atoms with E-state index in [-0.39, 0.29) is 5.79 Å². The minimum Gasteiger partial charge on any atom is -0.348 e. The van der Waals surface area contributed by atoms with Crippen LogP contribution in [0.15, 0.2) is 0 Å². The molecule has 1 saturated heterocycles. The van der Waals surface area contributed by atoms with E-state index in [1.807, 2.05) is 0 Å². The molecule has 0 atom stereocenters. The van der Waals surface area contributed by atoms with Crippen LogP contribution >= 0.6 is 0 Å². The van der Waals surface area contributed by atoms with Gasteiger partial charge >= 0.3 is 0 Å². The molecule has 1 heterocycles. The first-order chi connectivity index (χ1) is 9.36. The Morgan fingerprint density at radius 3 is 2.26 bits per heavy atom. The minimum atomic E-state index is -0.173. The average Bonchev–Trinajstić information content (AvgIpc) is 2.91. The third-order valence-corrected chi connectivity index (χ3v) is 5.27. The van der Waals surface area contributed by atoms with Crippen LogP contribution in [0.5, 0.6) is 0 Å². The fourth-order valence-electron chi connectivity index (χ4n) is 3.99. The Morgan fingerprint density at radius 1 is 0.895 bits per heavy atom. The van der Waals surface area contributed by atoms with Crippen LogP contribution in [0.3, 0.4) is 0 Å². The predicted molar refractivity (Wildman–Crippen MR) is 76.1 cm³/mol. The maximum absolute atomic E-state index is 5.79. The SMILES string of the molecule is C1CCC(NCCC2CCC3(CC2)OCCO3)CC1. The van der Waals surface area contributed by atoms with Gasteiger partial charge in [0.15, 0.2) is 5.79 Å². The molecular formula is C16H29NO2. The van der Waals surface area contributed by atoms with Crippen molar-refractivity contribution in [2.24, 2.45) is 5.92 Å². The second kappa shape index (κ2) is 6.55. The predicted octanol–water partition coefficient (Wildman–Crippen LogP) is 3.23. The van der Waals surface area contributed by atoms with Crippen molar-refractivity contribution in [1.82, 2.24) is 5.32 Å². The molecule has 1 N–H and O–H groups in total. The standard InChI is InChI=1S/C16H29NO2/c1-2-4-15(5-3-1)17-11-8-14-6-9-16(10-7-14)18-12-13-19-16/h14-15,17H,1-13H2. The molecular weight excluding hydrogens is 238 g/mol. The highest BCUT2D eigenvalue weighted by atomic mass is 16.7. The highest BCUT2D eigenvalue weighted by molar-refractivity contribution is 4.83. The smallest absolute Gasteiger partial charge is 0.168 e. The van der Waals surface area contributed by atoms with Crippen LogP contribution in [0.4, 0.5) is 0 Å². The van der Waals surface area contributed by atoms with Gasteiger partial charge < -0.3 is 14.8 Å². The number of hydrogen-bond acceptors (Lipinski definition) is 3. The highest BCUT2D eigenvalue weighted by Crippen LogP contribution is 2.39. The van der Waals surface area contributed by atoms with Crippen LogP contribution in [-0.2, 0) is 9.47 Å². The highest BCUT2D eigenvalue weighted by Gasteiger charge is 2.39. The second-order valence-electron chi connectivity index (χ2n) is 6.63. The summed E-state index contributed by atoms with van der Waals surface area (Å²) in [6, 6.07) is 0.810. The van der Waals surface area contributed by atoms with Crippen molar-refractivity contribution < 1.29 is 9.47 Å². The van der Waals surface area contributed by atoms with Gasteiger partial charge in [-0.2, -0.15) is 0 Å². The van der Waals surface area contributed by atoms with E-state index in [4.69, 9.17) is 9.47 Å². The van der Waals surface area contributed by atoms with Crippen LogP contribution < -0.4 is 5.32 Å². The van der Waals surface area contributed by atoms with E-state index in [9.17, 15) is 0 Å². The normalized spacial score (nSPS) is 29.1. The van der Waals surface area contributed by atoms with Gasteiger partial charge in [0.2, 0.25) is 0 Å². The third-order valence-electron chi connectivity index (χ3n) is 5.27. The van der Waals surface area contributed by atoms with Gasteiger partial charge in [0.25, 0.3) is 0 Å². The van der Waals surface area contributed by atoms with Crippen molar-refractivity contribution in [3.05, 3.63) is 0 Å². The summed E-state index contributed by atoms with van der Waals surface area (Å²) in [4.78, 5) is 0. The molecule has 19 heavy (non-hydrogen) atoms. The number of nitrogens with one attached hydrogen (secondary N) is 1. The van der Waals surface area contributed by atoms with Gasteiger partial charge in [0, 0.05) is 18.9 Å². The molecule has 0 aromatic carbocycles. The second-order valence-corrected chi connectivity index (χ2v) is 6.63. The molecule has 0 bridgehead atoms. The Hall–Kier alpha value is -0.120. The molecule has 110 valence electrons. The van der Waals surface area contributed by atoms with Gasteiger partial charge in [0.1, 0.15) is 0 Å². The zero-order chi connectivity index (χ0) is 13.0. The lowest BCUT2D eigenvalue weighted by Gasteiger charge is -2.35. The molecule has 0 radical (unpaired) electrons. The summed E-state index contributed by atoms with van der Waals surface area (Å²) in [6.07, 6.45) is 13.2. The Morgan fingerprint density at radius 2 is 1.58 bits per heavy atom. The first-order valence-corrected chi connectivity index (χ1v) is 8.38. The van der Waals surface area contributed by atoms with Gasteiger partial charge in [0.05, 0.1) is 13.2 Å². The number of rotatable bonds is 4. The van der Waals surface area contributed by atoms with Gasteiger partial charge in [-0.15, -0.1) is 0 Å². The first kappa shape index (κ1) is 13.8. The van der Waals surface area contributed by atoms with E-state index in [1.54, 1.807) is 0 Å². The average molecular weight is 267 g/mol. The zero-order valence-electron chi connectivity index (χ0n) is 12.2. The van der Waals surface area contributed by atoms with Crippen molar-refractivity contribution in [1.29, 1.82) is 0 Å². The molecule has 1 spiro atoms. The summed E-state index contributed by atoms with van der Waals surface area (Å²) in [5.74, 6) is 0.710. The molecule has 3 fully saturated rings. The molecule has 0 aromatic rings. The fourth-order valence-corrected chi connectivity index (χ4v) is 3.99. The molecule has 3 rings (SSSR count). The zero-order valence-corrected chi connectivity index (χ0v) is 12.2. The van der Waals surface area contributed by atoms with E-state index in [0.717, 1.165) is 38.0 Å². The Kier molecular flexibility index (Phi) is 4.78. The molecule has 0 aromatic heterocycles. The van der Waals surface area contributed by atoms with E-state index < -0.39 is 0 Å². The summed E-state index contributed by atoms with van der Waals surface area (Å²) < 4.78 is 11.6. The van der Waals surface area contributed by atoms with Crippen LogP contribution in [0.2, 0.25) is 0 Å². The summed E-state index contributed by atoms with van der Waals surface area (Å²) in [6.45, 7) is 2.81. The molecule has 3 nitrogen and oxygen atoms in total. The maximum atomic E-state index is 5.79. The largest absolute Gasteiger partial charge is 0.348 e. The molecule has 0 unspecified atom stereocenters. The topological polar surface area (TPSA) is 30.5 Å². The van der Waals surface area contributed by atoms with Crippen LogP contribution in [-0.4, -0.2) is 31.6 Å². The quantitative estimate of drug-likeness (QED) is 0.848. The van der Waals surface area contributed by atoms with Crippen molar-refractivity contribution in [2.45, 2.75) is 76.0 Å². The van der Waals surface area contributed by atoms with Gasteiger partial charge in [-0.25, -0.2) is 0 Å². The van der Waals surface area contributed by atoms with E-state index in [2.05, 4.69) is 5.32 Å². The van der Waals surface area contributed by atoms with Crippen LogP contribution in [0, 0.1) is 5.92 Å². The molecule has 0 amide bonds. The fraction of sp³-hybridized carbons (Fsp3) is 1.00. The van der Waals surface area contributed by atoms with Gasteiger partial charge in [-0.3, -0.25) is 0 Å². The van der Waals surface area contributed by atoms with Crippen molar-refractivity contribution in [3.63, 3.8) is 0 Å². The van der Waals surface area contributed by atoms with Gasteiger partial charge in [-0.1, -0.05) is 19.3 Å². The van der Waals surface area contributed by atoms with Crippen molar-refractivity contribution >= 4 is 0 Å². The Balaban J connectivity index is 1.31. The lowest BCUT2D eigenvalue weighted by molar-refractivity contribution is -0.182. The minimum absolute atomic E-state index is 0.173. The maximum Gasteiger partial charge on any atom is 0.168 e. The third kappa shape index (κ3) is 3.71. The molecule has 2 saturated carbocycles. The molecule has 2 aliphatic carbocycles. The molecule has 3 aliphatic rings. The summed E-state index contributed by atoms with van der Waals surface area (Å²) >= 11 is 0. The van der Waals surface area contributed by atoms with Crippen LogP contribution in [0.25, 0.3) is 0 Å². The lowest BCUT2D eigenvalue weighted by Crippen LogP contribution is -2.37. The number of ether oxygens (including phenoxy) is 2. The Bertz CT molecular complexity index is 260. The first-order valence-electron chi connectivity index (χ1n) is 8.38. The van der Waals surface area contributed by atoms with Gasteiger partial charge in [-0.05, 0) is 44.6 Å². The lowest BCUT2D eigenvalue weighted by atomic mass is 9.83. The van der Waals surface area contributed by atoms with E-state index in [1.165, 1.54) is 57.9 Å². The van der Waals surface area contributed by atoms with Crippen molar-refractivity contribution in [3.8, 4) is 0 Å². The summed E-state index contributed by atoms with van der Waals surface area (Å²) in [5, 5.41) is 3.77.